The van der Waals surface area contributed by atoms with E-state index in [4.69, 9.17) is 10.5 Å². The number of carbonyl (C=O) groups is 1. The van der Waals surface area contributed by atoms with Crippen molar-refractivity contribution in [2.45, 2.75) is 6.42 Å². The highest BCUT2D eigenvalue weighted by Crippen LogP contribution is 2.00. The Morgan fingerprint density at radius 3 is 2.76 bits per heavy atom. The Labute approximate surface area is 103 Å². The second kappa shape index (κ2) is 8.27. The van der Waals surface area contributed by atoms with Crippen LogP contribution in [0.4, 0.5) is 4.79 Å². The molecule has 0 unspecified atom stereocenters. The summed E-state index contributed by atoms with van der Waals surface area (Å²) < 4.78 is 9.93. The van der Waals surface area contributed by atoms with E-state index in [0.717, 1.165) is 26.2 Å². The number of rotatable bonds is 6. The van der Waals surface area contributed by atoms with Crippen molar-refractivity contribution in [2.75, 3.05) is 59.6 Å². The van der Waals surface area contributed by atoms with Gasteiger partial charge in [0.2, 0.25) is 0 Å². The van der Waals surface area contributed by atoms with E-state index >= 15 is 0 Å². The Morgan fingerprint density at radius 2 is 2.00 bits per heavy atom. The van der Waals surface area contributed by atoms with Crippen LogP contribution in [-0.2, 0) is 9.47 Å². The average molecular weight is 245 g/mol. The van der Waals surface area contributed by atoms with Gasteiger partial charge in [-0.25, -0.2) is 4.79 Å². The highest BCUT2D eigenvalue weighted by Gasteiger charge is 2.11. The third kappa shape index (κ3) is 7.14. The van der Waals surface area contributed by atoms with Gasteiger partial charge < -0.3 is 20.1 Å². The minimum atomic E-state index is -0.746. The smallest absolute Gasteiger partial charge is 0.404 e. The minimum Gasteiger partial charge on any atom is -0.447 e. The Morgan fingerprint density at radius 1 is 1.18 bits per heavy atom. The summed E-state index contributed by atoms with van der Waals surface area (Å²) in [5.41, 5.74) is 4.82. The third-order valence-corrected chi connectivity index (χ3v) is 2.84. The molecule has 6 heteroatoms. The molecule has 0 aromatic carbocycles. The first-order valence-electron chi connectivity index (χ1n) is 6.09. The van der Waals surface area contributed by atoms with Crippen molar-refractivity contribution in [1.82, 2.24) is 9.80 Å². The van der Waals surface area contributed by atoms with Crippen molar-refractivity contribution >= 4 is 6.09 Å². The first-order valence-corrected chi connectivity index (χ1v) is 6.09. The van der Waals surface area contributed by atoms with Crippen LogP contribution in [0.2, 0.25) is 0 Å². The lowest BCUT2D eigenvalue weighted by Crippen LogP contribution is -2.32. The van der Waals surface area contributed by atoms with Gasteiger partial charge in [-0.3, -0.25) is 4.90 Å². The van der Waals surface area contributed by atoms with Gasteiger partial charge in [0, 0.05) is 19.6 Å². The Hall–Kier alpha value is -0.850. The van der Waals surface area contributed by atoms with Crippen molar-refractivity contribution < 1.29 is 14.3 Å². The monoisotopic (exact) mass is 245 g/mol. The molecule has 1 heterocycles. The maximum atomic E-state index is 10.3. The second-order valence-electron chi connectivity index (χ2n) is 4.28. The normalized spacial score (nSPS) is 18.9. The summed E-state index contributed by atoms with van der Waals surface area (Å²) in [5, 5.41) is 0. The third-order valence-electron chi connectivity index (χ3n) is 2.84. The molecule has 0 radical (unpaired) electrons. The zero-order valence-corrected chi connectivity index (χ0v) is 10.6. The van der Waals surface area contributed by atoms with Crippen molar-refractivity contribution in [3.8, 4) is 0 Å². The Kier molecular flexibility index (Phi) is 6.91. The van der Waals surface area contributed by atoms with E-state index in [1.54, 1.807) is 0 Å². The van der Waals surface area contributed by atoms with Crippen molar-refractivity contribution in [3.05, 3.63) is 0 Å². The van der Waals surface area contributed by atoms with E-state index in [-0.39, 0.29) is 6.61 Å². The van der Waals surface area contributed by atoms with Crippen molar-refractivity contribution in [3.63, 3.8) is 0 Å². The average Bonchev–Trinajstić information content (AvgIpc) is 2.48. The van der Waals surface area contributed by atoms with Gasteiger partial charge >= 0.3 is 6.09 Å². The summed E-state index contributed by atoms with van der Waals surface area (Å²) in [6, 6.07) is 0. The van der Waals surface area contributed by atoms with E-state index in [9.17, 15) is 4.79 Å². The maximum absolute atomic E-state index is 10.3. The van der Waals surface area contributed by atoms with Crippen LogP contribution in [0.1, 0.15) is 6.42 Å². The molecule has 2 N–H and O–H groups in total. The van der Waals surface area contributed by atoms with Gasteiger partial charge in [0.25, 0.3) is 0 Å². The van der Waals surface area contributed by atoms with E-state index in [1.165, 1.54) is 13.0 Å². The summed E-state index contributed by atoms with van der Waals surface area (Å²) in [7, 11) is 2.15. The molecule has 0 aliphatic carbocycles. The van der Waals surface area contributed by atoms with E-state index in [2.05, 4.69) is 21.6 Å². The molecule has 1 saturated heterocycles. The van der Waals surface area contributed by atoms with Crippen LogP contribution in [0.3, 0.4) is 0 Å². The molecule has 1 aliphatic rings. The molecule has 1 fully saturated rings. The minimum absolute atomic E-state index is 0.234. The molecular formula is C11H23N3O3. The molecule has 1 rings (SSSR count). The fraction of sp³-hybridized carbons (Fsp3) is 0.909. The lowest BCUT2D eigenvalue weighted by atomic mass is 10.4. The van der Waals surface area contributed by atoms with Crippen LogP contribution in [0.5, 0.6) is 0 Å². The molecule has 0 aromatic heterocycles. The van der Waals surface area contributed by atoms with Crippen LogP contribution < -0.4 is 5.73 Å². The highest BCUT2D eigenvalue weighted by molar-refractivity contribution is 5.64. The summed E-state index contributed by atoms with van der Waals surface area (Å²) >= 11 is 0. The zero-order valence-electron chi connectivity index (χ0n) is 10.6. The van der Waals surface area contributed by atoms with Crippen LogP contribution in [0, 0.1) is 0 Å². The SMILES string of the molecule is CN1CCCN(CCOCCOC(N)=O)CC1. The molecular weight excluding hydrogens is 222 g/mol. The maximum Gasteiger partial charge on any atom is 0.404 e. The number of amides is 1. The van der Waals surface area contributed by atoms with E-state index in [1.807, 2.05) is 0 Å². The van der Waals surface area contributed by atoms with Crippen LogP contribution in [0.25, 0.3) is 0 Å². The number of nitrogens with zero attached hydrogens (tertiary/aromatic N) is 2. The summed E-state index contributed by atoms with van der Waals surface area (Å²) in [6.45, 7) is 6.77. The molecule has 0 spiro atoms. The number of ether oxygens (including phenoxy) is 2. The van der Waals surface area contributed by atoms with Gasteiger partial charge in [-0.2, -0.15) is 0 Å². The largest absolute Gasteiger partial charge is 0.447 e. The van der Waals surface area contributed by atoms with Crippen LogP contribution >= 0.6 is 0 Å². The summed E-state index contributed by atoms with van der Waals surface area (Å²) in [6.07, 6.45) is 0.463. The van der Waals surface area contributed by atoms with Crippen LogP contribution in [0.15, 0.2) is 0 Å². The first kappa shape index (κ1) is 14.2. The predicted molar refractivity (Wildman–Crippen MR) is 64.9 cm³/mol. The van der Waals surface area contributed by atoms with Crippen LogP contribution in [-0.4, -0.2) is 75.5 Å². The van der Waals surface area contributed by atoms with E-state index < -0.39 is 6.09 Å². The van der Waals surface area contributed by atoms with Gasteiger partial charge in [0.15, 0.2) is 0 Å². The summed E-state index contributed by atoms with van der Waals surface area (Å²) in [4.78, 5) is 15.0. The fourth-order valence-corrected chi connectivity index (χ4v) is 1.82. The topological polar surface area (TPSA) is 68.0 Å². The van der Waals surface area contributed by atoms with Gasteiger partial charge in [-0.1, -0.05) is 0 Å². The van der Waals surface area contributed by atoms with Gasteiger partial charge in [-0.15, -0.1) is 0 Å². The Balaban J connectivity index is 1.96. The molecule has 100 valence electrons. The molecule has 0 bridgehead atoms. The molecule has 0 aromatic rings. The molecule has 1 aliphatic heterocycles. The molecule has 0 saturated carbocycles. The molecule has 1 amide bonds. The Bertz CT molecular complexity index is 226. The van der Waals surface area contributed by atoms with Gasteiger partial charge in [0.05, 0.1) is 13.2 Å². The second-order valence-corrected chi connectivity index (χ2v) is 4.28. The zero-order chi connectivity index (χ0) is 12.5. The first-order chi connectivity index (χ1) is 8.18. The molecule has 6 nitrogen and oxygen atoms in total. The van der Waals surface area contributed by atoms with E-state index in [0.29, 0.717) is 13.2 Å². The lowest BCUT2D eigenvalue weighted by molar-refractivity contribution is 0.0637. The number of hydrogen-bond acceptors (Lipinski definition) is 5. The number of carbonyl (C=O) groups excluding carboxylic acids is 1. The number of nitrogens with two attached hydrogens (primary N) is 1. The van der Waals surface area contributed by atoms with Gasteiger partial charge in [-0.05, 0) is 26.6 Å². The molecule has 17 heavy (non-hydrogen) atoms. The summed E-state index contributed by atoms with van der Waals surface area (Å²) in [5.74, 6) is 0. The number of likely N-dealkylation sites (N-methyl/N-ethyl adjacent to an activating group) is 1. The highest BCUT2D eigenvalue weighted by atomic mass is 16.6. The van der Waals surface area contributed by atoms with Crippen molar-refractivity contribution in [2.24, 2.45) is 5.73 Å². The molecule has 0 atom stereocenters. The number of hydrogen-bond donors (Lipinski definition) is 1. The standard InChI is InChI=1S/C11H23N3O3/c1-13-3-2-4-14(6-5-13)7-8-16-9-10-17-11(12)15/h2-10H2,1H3,(H2,12,15). The lowest BCUT2D eigenvalue weighted by Gasteiger charge is -2.19. The van der Waals surface area contributed by atoms with Crippen molar-refractivity contribution in [1.29, 1.82) is 0 Å². The van der Waals surface area contributed by atoms with Gasteiger partial charge in [0.1, 0.15) is 6.61 Å². The quantitative estimate of drug-likeness (QED) is 0.653. The predicted octanol–water partition coefficient (Wildman–Crippen LogP) is -0.264. The number of primary amides is 1. The fourth-order valence-electron chi connectivity index (χ4n) is 1.82.